The van der Waals surface area contributed by atoms with Crippen LogP contribution in [0.15, 0.2) is 97.1 Å². The molecule has 0 saturated heterocycles. The van der Waals surface area contributed by atoms with Gasteiger partial charge in [0.1, 0.15) is 23.9 Å². The molecule has 5 nitrogen and oxygen atoms in total. The fraction of sp³-hybridized carbons (Fsp3) is 0.207. The number of pyridine rings is 1. The lowest BCUT2D eigenvalue weighted by Gasteiger charge is -2.18. The minimum Gasteiger partial charge on any atom is -0.493 e. The molecule has 0 aliphatic carbocycles. The minimum atomic E-state index is 0.568. The summed E-state index contributed by atoms with van der Waals surface area (Å²) in [6.45, 7) is 4.87. The molecular formula is C29H31N3O2. The first kappa shape index (κ1) is 23.3. The Morgan fingerprint density at radius 1 is 0.824 bits per heavy atom. The van der Waals surface area contributed by atoms with Gasteiger partial charge in [0.2, 0.25) is 0 Å². The van der Waals surface area contributed by atoms with E-state index in [1.807, 2.05) is 79.7 Å². The molecule has 174 valence electrons. The molecule has 0 unspecified atom stereocenters. The van der Waals surface area contributed by atoms with Crippen LogP contribution >= 0.6 is 0 Å². The Labute approximate surface area is 202 Å². The quantitative estimate of drug-likeness (QED) is 0.285. The van der Waals surface area contributed by atoms with E-state index in [1.165, 1.54) is 5.56 Å². The first-order chi connectivity index (χ1) is 16.7. The van der Waals surface area contributed by atoms with Crippen LogP contribution in [0.5, 0.6) is 11.5 Å². The highest BCUT2D eigenvalue weighted by Gasteiger charge is 2.11. The first-order valence-electron chi connectivity index (χ1n) is 11.6. The van der Waals surface area contributed by atoms with E-state index < -0.39 is 0 Å². The van der Waals surface area contributed by atoms with Gasteiger partial charge in [-0.15, -0.1) is 0 Å². The minimum absolute atomic E-state index is 0.568. The molecule has 1 N–H and O–H groups in total. The maximum absolute atomic E-state index is 6.04. The van der Waals surface area contributed by atoms with Crippen LogP contribution in [0, 0.1) is 0 Å². The van der Waals surface area contributed by atoms with Crippen molar-refractivity contribution >= 4 is 11.5 Å². The lowest BCUT2D eigenvalue weighted by molar-refractivity contribution is 0.232. The van der Waals surface area contributed by atoms with Gasteiger partial charge in [-0.2, -0.15) is 0 Å². The average molecular weight is 454 g/mol. The molecule has 0 amide bonds. The molecule has 4 aromatic rings. The fourth-order valence-electron chi connectivity index (χ4n) is 3.70. The zero-order valence-corrected chi connectivity index (χ0v) is 19.8. The third kappa shape index (κ3) is 6.59. The fourth-order valence-corrected chi connectivity index (χ4v) is 3.70. The summed E-state index contributed by atoms with van der Waals surface area (Å²) in [5.41, 5.74) is 4.08. The van der Waals surface area contributed by atoms with Crippen LogP contribution in [-0.2, 0) is 6.54 Å². The van der Waals surface area contributed by atoms with Crippen molar-refractivity contribution in [2.75, 3.05) is 32.1 Å². The highest BCUT2D eigenvalue weighted by Crippen LogP contribution is 2.33. The average Bonchev–Trinajstić information content (AvgIpc) is 2.86. The van der Waals surface area contributed by atoms with Crippen LogP contribution in [-0.4, -0.2) is 36.7 Å². The molecule has 5 heteroatoms. The second-order valence-corrected chi connectivity index (χ2v) is 8.06. The SMILES string of the molecule is CCOc1cc(OCCN(C)Cc2ccccc2)ccc1-c1cccc(Nc2ccccc2)n1. The van der Waals surface area contributed by atoms with Crippen LogP contribution < -0.4 is 14.8 Å². The van der Waals surface area contributed by atoms with Crippen LogP contribution in [0.4, 0.5) is 11.5 Å². The van der Waals surface area contributed by atoms with E-state index in [1.54, 1.807) is 0 Å². The zero-order valence-electron chi connectivity index (χ0n) is 19.8. The summed E-state index contributed by atoms with van der Waals surface area (Å²) in [6.07, 6.45) is 0. The number of benzene rings is 3. The molecule has 3 aromatic carbocycles. The summed E-state index contributed by atoms with van der Waals surface area (Å²) >= 11 is 0. The highest BCUT2D eigenvalue weighted by molar-refractivity contribution is 5.70. The standard InChI is InChI=1S/C29H31N3O2/c1-3-33-28-21-25(34-20-19-32(2)22-23-11-6-4-7-12-23)17-18-26(28)27-15-10-16-29(31-27)30-24-13-8-5-9-14-24/h4-18,21H,3,19-20,22H2,1-2H3,(H,30,31). The molecule has 0 aliphatic rings. The summed E-state index contributed by atoms with van der Waals surface area (Å²) in [4.78, 5) is 7.05. The maximum atomic E-state index is 6.04. The number of anilines is 2. The van der Waals surface area contributed by atoms with E-state index in [9.17, 15) is 0 Å². The van der Waals surface area contributed by atoms with Crippen molar-refractivity contribution < 1.29 is 9.47 Å². The molecule has 0 saturated carbocycles. The van der Waals surface area contributed by atoms with Gasteiger partial charge < -0.3 is 14.8 Å². The van der Waals surface area contributed by atoms with E-state index in [4.69, 9.17) is 14.5 Å². The molecule has 1 aromatic heterocycles. The number of para-hydroxylation sites is 1. The monoisotopic (exact) mass is 453 g/mol. The Bertz CT molecular complexity index is 1170. The predicted molar refractivity (Wildman–Crippen MR) is 139 cm³/mol. The van der Waals surface area contributed by atoms with E-state index in [-0.39, 0.29) is 0 Å². The van der Waals surface area contributed by atoms with Crippen molar-refractivity contribution in [3.05, 3.63) is 103 Å². The van der Waals surface area contributed by atoms with Crippen molar-refractivity contribution in [2.24, 2.45) is 0 Å². The van der Waals surface area contributed by atoms with Crippen molar-refractivity contribution in [1.82, 2.24) is 9.88 Å². The van der Waals surface area contributed by atoms with Crippen LogP contribution in [0.1, 0.15) is 12.5 Å². The van der Waals surface area contributed by atoms with Gasteiger partial charge in [0.05, 0.1) is 12.3 Å². The number of ether oxygens (including phenoxy) is 2. The maximum Gasteiger partial charge on any atom is 0.132 e. The van der Waals surface area contributed by atoms with Gasteiger partial charge in [0.25, 0.3) is 0 Å². The molecule has 0 atom stereocenters. The van der Waals surface area contributed by atoms with Gasteiger partial charge in [-0.3, -0.25) is 4.90 Å². The number of rotatable bonds is 11. The third-order valence-electron chi connectivity index (χ3n) is 5.36. The number of likely N-dealkylation sites (N-methyl/N-ethyl adjacent to an activating group) is 1. The van der Waals surface area contributed by atoms with Crippen molar-refractivity contribution in [1.29, 1.82) is 0 Å². The van der Waals surface area contributed by atoms with Gasteiger partial charge in [0, 0.05) is 30.4 Å². The van der Waals surface area contributed by atoms with Gasteiger partial charge in [-0.25, -0.2) is 4.98 Å². The topological polar surface area (TPSA) is 46.6 Å². The zero-order chi connectivity index (χ0) is 23.6. The Hall–Kier alpha value is -3.83. The molecule has 34 heavy (non-hydrogen) atoms. The number of hydrogen-bond acceptors (Lipinski definition) is 5. The molecule has 0 spiro atoms. The van der Waals surface area contributed by atoms with E-state index >= 15 is 0 Å². The number of hydrogen-bond donors (Lipinski definition) is 1. The van der Waals surface area contributed by atoms with E-state index in [2.05, 4.69) is 41.5 Å². The van der Waals surface area contributed by atoms with Gasteiger partial charge >= 0.3 is 0 Å². The normalized spacial score (nSPS) is 10.8. The second-order valence-electron chi connectivity index (χ2n) is 8.06. The summed E-state index contributed by atoms with van der Waals surface area (Å²) in [7, 11) is 2.10. The molecule has 0 aliphatic heterocycles. The van der Waals surface area contributed by atoms with Gasteiger partial charge in [-0.05, 0) is 55.9 Å². The highest BCUT2D eigenvalue weighted by atomic mass is 16.5. The van der Waals surface area contributed by atoms with E-state index in [0.29, 0.717) is 13.2 Å². The van der Waals surface area contributed by atoms with Crippen LogP contribution in [0.3, 0.4) is 0 Å². The Morgan fingerprint density at radius 3 is 2.35 bits per heavy atom. The van der Waals surface area contributed by atoms with Crippen molar-refractivity contribution in [2.45, 2.75) is 13.5 Å². The Kier molecular flexibility index (Phi) is 8.14. The van der Waals surface area contributed by atoms with Crippen LogP contribution in [0.25, 0.3) is 11.3 Å². The van der Waals surface area contributed by atoms with E-state index in [0.717, 1.165) is 47.4 Å². The predicted octanol–water partition coefficient (Wildman–Crippen LogP) is 6.40. The number of nitrogens with one attached hydrogen (secondary N) is 1. The summed E-state index contributed by atoms with van der Waals surface area (Å²) < 4.78 is 12.0. The molecule has 0 bridgehead atoms. The van der Waals surface area contributed by atoms with Crippen molar-refractivity contribution in [3.8, 4) is 22.8 Å². The first-order valence-corrected chi connectivity index (χ1v) is 11.6. The van der Waals surface area contributed by atoms with Gasteiger partial charge in [0.15, 0.2) is 0 Å². The Balaban J connectivity index is 1.41. The number of aromatic nitrogens is 1. The smallest absolute Gasteiger partial charge is 0.132 e. The van der Waals surface area contributed by atoms with Crippen molar-refractivity contribution in [3.63, 3.8) is 0 Å². The molecule has 0 radical (unpaired) electrons. The molecule has 1 heterocycles. The Morgan fingerprint density at radius 2 is 1.59 bits per heavy atom. The second kappa shape index (κ2) is 11.9. The third-order valence-corrected chi connectivity index (χ3v) is 5.36. The molecular weight excluding hydrogens is 422 g/mol. The largest absolute Gasteiger partial charge is 0.493 e. The number of nitrogens with zero attached hydrogens (tertiary/aromatic N) is 2. The lowest BCUT2D eigenvalue weighted by Crippen LogP contribution is -2.23. The summed E-state index contributed by atoms with van der Waals surface area (Å²) in [5.74, 6) is 2.34. The molecule has 0 fully saturated rings. The molecule has 4 rings (SSSR count). The summed E-state index contributed by atoms with van der Waals surface area (Å²) in [5, 5.41) is 3.35. The summed E-state index contributed by atoms with van der Waals surface area (Å²) in [6, 6.07) is 32.4. The van der Waals surface area contributed by atoms with Gasteiger partial charge in [-0.1, -0.05) is 54.6 Å². The lowest BCUT2D eigenvalue weighted by atomic mass is 10.1. The van der Waals surface area contributed by atoms with Crippen LogP contribution in [0.2, 0.25) is 0 Å².